The van der Waals surface area contributed by atoms with Gasteiger partial charge in [-0.15, -0.1) is 21.5 Å². The molecule has 2 aromatic heterocycles. The van der Waals surface area contributed by atoms with Crippen molar-refractivity contribution in [2.45, 2.75) is 51.6 Å². The van der Waals surface area contributed by atoms with Gasteiger partial charge in [0.15, 0.2) is 0 Å². The summed E-state index contributed by atoms with van der Waals surface area (Å²) in [6, 6.07) is 0.249. The fourth-order valence-electron chi connectivity index (χ4n) is 3.17. The Balaban J connectivity index is 1.56. The molecule has 0 bridgehead atoms. The zero-order valence-electron chi connectivity index (χ0n) is 11.9. The molecule has 3 heterocycles. The number of fused-ring (bicyclic) bond motifs is 2. The Hall–Kier alpha value is -1.76. The highest BCUT2D eigenvalue weighted by Crippen LogP contribution is 2.27. The van der Waals surface area contributed by atoms with Crippen molar-refractivity contribution in [3.63, 3.8) is 0 Å². The van der Waals surface area contributed by atoms with Gasteiger partial charge in [0.25, 0.3) is 5.56 Å². The second-order valence-corrected chi connectivity index (χ2v) is 7.00. The van der Waals surface area contributed by atoms with Gasteiger partial charge in [-0.05, 0) is 26.2 Å². The molecule has 0 fully saturated rings. The first kappa shape index (κ1) is 12.9. The van der Waals surface area contributed by atoms with Gasteiger partial charge in [0.2, 0.25) is 5.82 Å². The summed E-state index contributed by atoms with van der Waals surface area (Å²) in [6.07, 6.45) is 4.72. The Morgan fingerprint density at radius 3 is 3.14 bits per heavy atom. The fourth-order valence-corrected chi connectivity index (χ4v) is 4.23. The molecule has 1 aliphatic heterocycles. The Bertz CT molecular complexity index is 750. The minimum absolute atomic E-state index is 0.0243. The molecule has 6 nitrogen and oxygen atoms in total. The van der Waals surface area contributed by atoms with E-state index in [1.165, 1.54) is 10.6 Å². The molecule has 110 valence electrons. The van der Waals surface area contributed by atoms with Crippen molar-refractivity contribution in [3.8, 4) is 0 Å². The average Bonchev–Trinajstić information content (AvgIpc) is 3.07. The number of rotatable bonds is 2. The van der Waals surface area contributed by atoms with Gasteiger partial charge in [-0.3, -0.25) is 9.36 Å². The van der Waals surface area contributed by atoms with E-state index in [9.17, 15) is 4.79 Å². The number of nitrogens with one attached hydrogen (secondary N) is 1. The molecule has 7 heteroatoms. The number of thiazole rings is 1. The maximum atomic E-state index is 12.4. The summed E-state index contributed by atoms with van der Waals surface area (Å²) in [6.45, 7) is 2.81. The lowest BCUT2D eigenvalue weighted by molar-refractivity contribution is 0.599. The number of anilines is 1. The lowest BCUT2D eigenvalue weighted by Crippen LogP contribution is -2.33. The number of hydrogen-bond acceptors (Lipinski definition) is 6. The van der Waals surface area contributed by atoms with Gasteiger partial charge >= 0.3 is 0 Å². The van der Waals surface area contributed by atoms with E-state index >= 15 is 0 Å². The molecule has 0 aromatic carbocycles. The minimum Gasteiger partial charge on any atom is -0.361 e. The van der Waals surface area contributed by atoms with Gasteiger partial charge in [0, 0.05) is 30.3 Å². The molecule has 1 N–H and O–H groups in total. The van der Waals surface area contributed by atoms with Crippen LogP contribution in [0.4, 0.5) is 5.82 Å². The maximum absolute atomic E-state index is 12.4. The highest BCUT2D eigenvalue weighted by atomic mass is 32.1. The third-order valence-corrected chi connectivity index (χ3v) is 5.23. The Kier molecular flexibility index (Phi) is 3.02. The zero-order valence-corrected chi connectivity index (χ0v) is 12.7. The number of aryl methyl sites for hydroxylation is 3. The highest BCUT2D eigenvalue weighted by molar-refractivity contribution is 7.11. The van der Waals surface area contributed by atoms with Crippen LogP contribution in [0.1, 0.15) is 34.2 Å². The van der Waals surface area contributed by atoms with E-state index in [1.54, 1.807) is 15.9 Å². The Labute approximate surface area is 126 Å². The molecular formula is C14H17N5OS. The van der Waals surface area contributed by atoms with Gasteiger partial charge in [0.05, 0.1) is 10.7 Å². The van der Waals surface area contributed by atoms with Crippen molar-refractivity contribution < 1.29 is 0 Å². The number of aromatic nitrogens is 4. The van der Waals surface area contributed by atoms with Gasteiger partial charge in [-0.2, -0.15) is 0 Å². The summed E-state index contributed by atoms with van der Waals surface area (Å²) in [5.74, 6) is 1.21. The SMILES string of the molecule is Cc1nc2c(s1)CC(Nc1nnc3n(c1=O)CCC3)CC2. The van der Waals surface area contributed by atoms with Crippen LogP contribution < -0.4 is 10.9 Å². The maximum Gasteiger partial charge on any atom is 0.296 e. The van der Waals surface area contributed by atoms with Gasteiger partial charge in [0.1, 0.15) is 5.82 Å². The van der Waals surface area contributed by atoms with Crippen molar-refractivity contribution in [1.29, 1.82) is 0 Å². The second kappa shape index (κ2) is 4.91. The predicted octanol–water partition coefficient (Wildman–Crippen LogP) is 1.32. The summed E-state index contributed by atoms with van der Waals surface area (Å²) >= 11 is 1.76. The number of nitrogens with zero attached hydrogens (tertiary/aromatic N) is 4. The topological polar surface area (TPSA) is 72.7 Å². The van der Waals surface area contributed by atoms with Crippen LogP contribution in [0, 0.1) is 6.92 Å². The van der Waals surface area contributed by atoms with Crippen LogP contribution in [0.25, 0.3) is 0 Å². The quantitative estimate of drug-likeness (QED) is 0.906. The monoisotopic (exact) mass is 303 g/mol. The van der Waals surface area contributed by atoms with Crippen LogP contribution in [0.5, 0.6) is 0 Å². The van der Waals surface area contributed by atoms with Crippen molar-refractivity contribution in [3.05, 3.63) is 31.8 Å². The lowest BCUT2D eigenvalue weighted by atomic mass is 9.98. The van der Waals surface area contributed by atoms with Crippen LogP contribution in [0.15, 0.2) is 4.79 Å². The van der Waals surface area contributed by atoms with E-state index in [-0.39, 0.29) is 11.6 Å². The third kappa shape index (κ3) is 2.25. The minimum atomic E-state index is -0.0243. The summed E-state index contributed by atoms with van der Waals surface area (Å²) in [4.78, 5) is 18.3. The standard InChI is InChI=1S/C14H17N5OS/c1-8-15-10-5-4-9(7-11(10)21-8)16-13-14(20)19-6-2-3-12(19)17-18-13/h9H,2-7H2,1H3,(H,16,18). The first-order chi connectivity index (χ1) is 10.2. The van der Waals surface area contributed by atoms with Crippen molar-refractivity contribution in [2.24, 2.45) is 0 Å². The molecule has 21 heavy (non-hydrogen) atoms. The lowest BCUT2D eigenvalue weighted by Gasteiger charge is -2.22. The van der Waals surface area contributed by atoms with E-state index in [4.69, 9.17) is 0 Å². The summed E-state index contributed by atoms with van der Waals surface area (Å²) in [7, 11) is 0. The summed E-state index contributed by atoms with van der Waals surface area (Å²) < 4.78 is 1.75. The van der Waals surface area contributed by atoms with E-state index < -0.39 is 0 Å². The Morgan fingerprint density at radius 1 is 1.33 bits per heavy atom. The molecule has 4 rings (SSSR count). The fraction of sp³-hybridized carbons (Fsp3) is 0.571. The van der Waals surface area contributed by atoms with Gasteiger partial charge in [-0.25, -0.2) is 4.98 Å². The smallest absolute Gasteiger partial charge is 0.296 e. The Morgan fingerprint density at radius 2 is 2.24 bits per heavy atom. The van der Waals surface area contributed by atoms with Crippen LogP contribution in [0.3, 0.4) is 0 Å². The van der Waals surface area contributed by atoms with Gasteiger partial charge < -0.3 is 5.32 Å². The van der Waals surface area contributed by atoms with Crippen molar-refractivity contribution in [1.82, 2.24) is 19.7 Å². The van der Waals surface area contributed by atoms with Crippen LogP contribution in [0.2, 0.25) is 0 Å². The molecule has 2 aliphatic rings. The molecule has 1 unspecified atom stereocenters. The second-order valence-electron chi connectivity index (χ2n) is 5.71. The summed E-state index contributed by atoms with van der Waals surface area (Å²) in [5.41, 5.74) is 1.20. The molecule has 2 aromatic rings. The predicted molar refractivity (Wildman–Crippen MR) is 80.9 cm³/mol. The van der Waals surface area contributed by atoms with Crippen LogP contribution in [-0.2, 0) is 25.8 Å². The summed E-state index contributed by atoms with van der Waals surface area (Å²) in [5, 5.41) is 12.7. The van der Waals surface area contributed by atoms with E-state index in [0.29, 0.717) is 5.82 Å². The largest absolute Gasteiger partial charge is 0.361 e. The first-order valence-corrected chi connectivity index (χ1v) is 8.20. The third-order valence-electron chi connectivity index (χ3n) is 4.19. The number of hydrogen-bond donors (Lipinski definition) is 1. The normalized spacial score (nSPS) is 20.1. The zero-order chi connectivity index (χ0) is 14.4. The molecule has 0 saturated heterocycles. The van der Waals surface area contributed by atoms with E-state index in [0.717, 1.165) is 49.5 Å². The molecule has 0 spiro atoms. The molecule has 1 aliphatic carbocycles. The van der Waals surface area contributed by atoms with Crippen LogP contribution >= 0.6 is 11.3 Å². The molecule has 0 radical (unpaired) electrons. The average molecular weight is 303 g/mol. The molecular weight excluding hydrogens is 286 g/mol. The van der Waals surface area contributed by atoms with Gasteiger partial charge in [-0.1, -0.05) is 0 Å². The molecule has 0 amide bonds. The van der Waals surface area contributed by atoms with E-state index in [1.807, 2.05) is 6.92 Å². The molecule has 1 atom stereocenters. The molecule has 0 saturated carbocycles. The van der Waals surface area contributed by atoms with Crippen LogP contribution in [-0.4, -0.2) is 25.8 Å². The van der Waals surface area contributed by atoms with E-state index in [2.05, 4.69) is 20.5 Å². The highest BCUT2D eigenvalue weighted by Gasteiger charge is 2.24. The van der Waals surface area contributed by atoms with Crippen molar-refractivity contribution in [2.75, 3.05) is 5.32 Å². The first-order valence-electron chi connectivity index (χ1n) is 7.39. The van der Waals surface area contributed by atoms with Crippen molar-refractivity contribution >= 4 is 17.2 Å².